The highest BCUT2D eigenvalue weighted by molar-refractivity contribution is 5.85. The van der Waals surface area contributed by atoms with Crippen LogP contribution >= 0.6 is 12.4 Å². The maximum atomic E-state index is 11.8. The number of nitrogens with two attached hydrogens (primary N) is 1. The first kappa shape index (κ1) is 18.5. The first-order chi connectivity index (χ1) is 10.2. The van der Waals surface area contributed by atoms with Gasteiger partial charge in [0.15, 0.2) is 0 Å². The number of amides is 2. The first-order valence-corrected chi connectivity index (χ1v) is 7.52. The maximum Gasteiger partial charge on any atom is 0.222 e. The number of hydrogen-bond acceptors (Lipinski definition) is 3. The van der Waals surface area contributed by atoms with Gasteiger partial charge in [0.2, 0.25) is 11.8 Å². The zero-order chi connectivity index (χ0) is 15.1. The first-order valence-electron chi connectivity index (χ1n) is 7.52. The molecule has 0 radical (unpaired) electrons. The van der Waals surface area contributed by atoms with Gasteiger partial charge in [-0.3, -0.25) is 9.59 Å². The average Bonchev–Trinajstić information content (AvgIpc) is 2.90. The Morgan fingerprint density at radius 3 is 2.68 bits per heavy atom. The molecule has 1 heterocycles. The SMILES string of the molecule is Cl.NC(CC(=O)NCCCN1CCCC1=O)c1ccccc1. The summed E-state index contributed by atoms with van der Waals surface area (Å²) in [6.45, 7) is 2.17. The Labute approximate surface area is 137 Å². The number of nitrogens with one attached hydrogen (secondary N) is 1. The Morgan fingerprint density at radius 2 is 2.05 bits per heavy atom. The molecule has 1 aliphatic heterocycles. The third-order valence-electron chi connectivity index (χ3n) is 3.73. The molecule has 1 fully saturated rings. The fourth-order valence-electron chi connectivity index (χ4n) is 2.53. The summed E-state index contributed by atoms with van der Waals surface area (Å²) in [5.74, 6) is 0.187. The molecule has 2 amide bonds. The van der Waals surface area contributed by atoms with Crippen molar-refractivity contribution in [3.63, 3.8) is 0 Å². The summed E-state index contributed by atoms with van der Waals surface area (Å²) < 4.78 is 0. The second-order valence-electron chi connectivity index (χ2n) is 5.41. The van der Waals surface area contributed by atoms with Crippen molar-refractivity contribution in [2.24, 2.45) is 5.73 Å². The highest BCUT2D eigenvalue weighted by atomic mass is 35.5. The minimum absolute atomic E-state index is 0. The van der Waals surface area contributed by atoms with Crippen molar-refractivity contribution in [2.45, 2.75) is 31.7 Å². The van der Waals surface area contributed by atoms with Gasteiger partial charge in [-0.15, -0.1) is 12.4 Å². The molecule has 1 unspecified atom stereocenters. The van der Waals surface area contributed by atoms with Gasteiger partial charge in [0.1, 0.15) is 0 Å². The van der Waals surface area contributed by atoms with Gasteiger partial charge in [0.05, 0.1) is 0 Å². The molecule has 5 nitrogen and oxygen atoms in total. The molecule has 0 bridgehead atoms. The molecule has 3 N–H and O–H groups in total. The van der Waals surface area contributed by atoms with E-state index < -0.39 is 0 Å². The summed E-state index contributed by atoms with van der Waals surface area (Å²) in [4.78, 5) is 25.1. The lowest BCUT2D eigenvalue weighted by atomic mass is 10.0. The molecule has 1 atom stereocenters. The Balaban J connectivity index is 0.00000242. The van der Waals surface area contributed by atoms with Crippen LogP contribution in [0.3, 0.4) is 0 Å². The van der Waals surface area contributed by atoms with Crippen LogP contribution in [0.2, 0.25) is 0 Å². The van der Waals surface area contributed by atoms with E-state index in [1.807, 2.05) is 35.2 Å². The van der Waals surface area contributed by atoms with Crippen LogP contribution in [0.5, 0.6) is 0 Å². The second-order valence-corrected chi connectivity index (χ2v) is 5.41. The molecule has 0 spiro atoms. The van der Waals surface area contributed by atoms with E-state index >= 15 is 0 Å². The van der Waals surface area contributed by atoms with E-state index in [0.717, 1.165) is 31.5 Å². The molecule has 2 rings (SSSR count). The van der Waals surface area contributed by atoms with Crippen molar-refractivity contribution >= 4 is 24.2 Å². The second kappa shape index (κ2) is 9.43. The molecule has 1 aromatic carbocycles. The van der Waals surface area contributed by atoms with E-state index in [0.29, 0.717) is 13.0 Å². The van der Waals surface area contributed by atoms with Crippen molar-refractivity contribution in [1.29, 1.82) is 0 Å². The van der Waals surface area contributed by atoms with E-state index in [-0.39, 0.29) is 36.7 Å². The van der Waals surface area contributed by atoms with Gasteiger partial charge in [-0.1, -0.05) is 30.3 Å². The summed E-state index contributed by atoms with van der Waals surface area (Å²) in [7, 11) is 0. The number of benzene rings is 1. The summed E-state index contributed by atoms with van der Waals surface area (Å²) in [5, 5.41) is 2.87. The van der Waals surface area contributed by atoms with Crippen molar-refractivity contribution < 1.29 is 9.59 Å². The topological polar surface area (TPSA) is 75.4 Å². The number of carbonyl (C=O) groups excluding carboxylic acids is 2. The van der Waals surface area contributed by atoms with Crippen LogP contribution in [0, 0.1) is 0 Å². The smallest absolute Gasteiger partial charge is 0.222 e. The van der Waals surface area contributed by atoms with Crippen molar-refractivity contribution in [3.05, 3.63) is 35.9 Å². The predicted octanol–water partition coefficient (Wildman–Crippen LogP) is 1.63. The van der Waals surface area contributed by atoms with Gasteiger partial charge in [0, 0.05) is 38.5 Å². The van der Waals surface area contributed by atoms with Crippen LogP contribution < -0.4 is 11.1 Å². The number of carbonyl (C=O) groups is 2. The van der Waals surface area contributed by atoms with Crippen LogP contribution in [0.15, 0.2) is 30.3 Å². The normalized spacial score (nSPS) is 15.3. The average molecular weight is 326 g/mol. The summed E-state index contributed by atoms with van der Waals surface area (Å²) in [6, 6.07) is 9.34. The minimum Gasteiger partial charge on any atom is -0.356 e. The lowest BCUT2D eigenvalue weighted by molar-refractivity contribution is -0.127. The van der Waals surface area contributed by atoms with Crippen LogP contribution in [0.4, 0.5) is 0 Å². The predicted molar refractivity (Wildman–Crippen MR) is 88.7 cm³/mol. The van der Waals surface area contributed by atoms with Crippen LogP contribution in [-0.4, -0.2) is 36.3 Å². The molecule has 0 saturated carbocycles. The summed E-state index contributed by atoms with van der Waals surface area (Å²) in [6.07, 6.45) is 2.69. The number of likely N-dealkylation sites (tertiary alicyclic amines) is 1. The van der Waals surface area contributed by atoms with Crippen LogP contribution in [0.1, 0.15) is 37.3 Å². The lowest BCUT2D eigenvalue weighted by Crippen LogP contribution is -2.32. The summed E-state index contributed by atoms with van der Waals surface area (Å²) in [5.41, 5.74) is 6.97. The Kier molecular flexibility index (Phi) is 7.91. The zero-order valence-corrected chi connectivity index (χ0v) is 13.5. The van der Waals surface area contributed by atoms with Gasteiger partial charge in [-0.25, -0.2) is 0 Å². The minimum atomic E-state index is -0.272. The third-order valence-corrected chi connectivity index (χ3v) is 3.73. The van der Waals surface area contributed by atoms with E-state index in [1.54, 1.807) is 0 Å². The molecule has 122 valence electrons. The third kappa shape index (κ3) is 5.66. The molecular weight excluding hydrogens is 302 g/mol. The van der Waals surface area contributed by atoms with E-state index in [4.69, 9.17) is 5.73 Å². The molecule has 22 heavy (non-hydrogen) atoms. The van der Waals surface area contributed by atoms with Crippen LogP contribution in [-0.2, 0) is 9.59 Å². The highest BCUT2D eigenvalue weighted by Gasteiger charge is 2.19. The molecule has 1 aliphatic rings. The molecular formula is C16H24ClN3O2. The number of rotatable bonds is 7. The Bertz CT molecular complexity index is 482. The number of halogens is 1. The molecule has 1 aromatic rings. The van der Waals surface area contributed by atoms with Crippen LogP contribution in [0.25, 0.3) is 0 Å². The Morgan fingerprint density at radius 1 is 1.32 bits per heavy atom. The number of nitrogens with zero attached hydrogens (tertiary/aromatic N) is 1. The molecule has 0 aliphatic carbocycles. The van der Waals surface area contributed by atoms with E-state index in [2.05, 4.69) is 5.32 Å². The quantitative estimate of drug-likeness (QED) is 0.748. The largest absolute Gasteiger partial charge is 0.356 e. The zero-order valence-electron chi connectivity index (χ0n) is 12.7. The van der Waals surface area contributed by atoms with Gasteiger partial charge < -0.3 is 16.0 Å². The lowest BCUT2D eigenvalue weighted by Gasteiger charge is -2.16. The van der Waals surface area contributed by atoms with E-state index in [1.165, 1.54) is 0 Å². The molecule has 0 aromatic heterocycles. The van der Waals surface area contributed by atoms with E-state index in [9.17, 15) is 9.59 Å². The van der Waals surface area contributed by atoms with Gasteiger partial charge >= 0.3 is 0 Å². The van der Waals surface area contributed by atoms with Crippen molar-refractivity contribution in [3.8, 4) is 0 Å². The highest BCUT2D eigenvalue weighted by Crippen LogP contribution is 2.13. The summed E-state index contributed by atoms with van der Waals surface area (Å²) >= 11 is 0. The van der Waals surface area contributed by atoms with Gasteiger partial charge in [-0.2, -0.15) is 0 Å². The fraction of sp³-hybridized carbons (Fsp3) is 0.500. The van der Waals surface area contributed by atoms with Gasteiger partial charge in [-0.05, 0) is 18.4 Å². The van der Waals surface area contributed by atoms with Crippen molar-refractivity contribution in [1.82, 2.24) is 10.2 Å². The molecule has 1 saturated heterocycles. The fourth-order valence-corrected chi connectivity index (χ4v) is 2.53. The van der Waals surface area contributed by atoms with Crippen molar-refractivity contribution in [2.75, 3.05) is 19.6 Å². The number of hydrogen-bond donors (Lipinski definition) is 2. The Hall–Kier alpha value is -1.59. The van der Waals surface area contributed by atoms with Gasteiger partial charge in [0.25, 0.3) is 0 Å². The maximum absolute atomic E-state index is 11.8. The molecule has 6 heteroatoms. The standard InChI is InChI=1S/C16H23N3O2.ClH/c17-14(13-6-2-1-3-7-13)12-15(20)18-9-5-11-19-10-4-8-16(19)21;/h1-3,6-7,14H,4-5,8-12,17H2,(H,18,20);1H. The monoisotopic (exact) mass is 325 g/mol.